The zero-order valence-electron chi connectivity index (χ0n) is 13.5. The normalized spacial score (nSPS) is 50.6. The smallest absolute Gasteiger partial charge is 0.167 e. The van der Waals surface area contributed by atoms with Gasteiger partial charge in [-0.05, 0) is 73.7 Å². The van der Waals surface area contributed by atoms with Crippen LogP contribution in [0.25, 0.3) is 0 Å². The number of hydrogen-bond donors (Lipinski definition) is 2. The number of rotatable bonds is 1. The lowest BCUT2D eigenvalue weighted by Gasteiger charge is -2.60. The van der Waals surface area contributed by atoms with Crippen LogP contribution in [0.2, 0.25) is 0 Å². The molecule has 0 bridgehead atoms. The molecule has 0 saturated heterocycles. The Hall–Kier alpha value is -0.670. The van der Waals surface area contributed by atoms with E-state index >= 15 is 0 Å². The van der Waals surface area contributed by atoms with Gasteiger partial charge in [-0.15, -0.1) is 0 Å². The second-order valence-electron chi connectivity index (χ2n) is 8.50. The maximum absolute atomic E-state index is 12.4. The second kappa shape index (κ2) is 4.91. The van der Waals surface area contributed by atoms with E-state index < -0.39 is 11.7 Å². The third-order valence-electron chi connectivity index (χ3n) is 7.96. The van der Waals surface area contributed by atoms with Gasteiger partial charge in [0.2, 0.25) is 0 Å². The number of fused-ring (bicyclic) bond motifs is 5. The monoisotopic (exact) mass is 304 g/mol. The molecule has 3 fully saturated rings. The van der Waals surface area contributed by atoms with E-state index in [-0.39, 0.29) is 11.7 Å². The lowest BCUT2D eigenvalue weighted by Crippen LogP contribution is -2.57. The molecule has 0 heterocycles. The van der Waals surface area contributed by atoms with E-state index in [9.17, 15) is 15.0 Å². The number of aliphatic hydroxyl groups excluding tert-OH is 1. The molecule has 0 aromatic rings. The molecule has 0 amide bonds. The molecule has 0 aromatic heterocycles. The highest BCUT2D eigenvalue weighted by molar-refractivity contribution is 5.98. The van der Waals surface area contributed by atoms with Gasteiger partial charge in [0.25, 0.3) is 0 Å². The topological polar surface area (TPSA) is 57.5 Å². The van der Waals surface area contributed by atoms with Gasteiger partial charge < -0.3 is 10.2 Å². The molecule has 3 heteroatoms. The fraction of sp³-hybridized carbons (Fsp3) is 0.842. The Kier molecular flexibility index (Phi) is 3.32. The van der Waals surface area contributed by atoms with Crippen LogP contribution in [0.5, 0.6) is 0 Å². The number of aliphatic hydroxyl groups is 2. The van der Waals surface area contributed by atoms with Crippen molar-refractivity contribution in [1.82, 2.24) is 0 Å². The predicted octanol–water partition coefficient (Wildman–Crippen LogP) is 3.06. The molecular weight excluding hydrogens is 276 g/mol. The van der Waals surface area contributed by atoms with Crippen LogP contribution in [0.15, 0.2) is 12.2 Å². The summed E-state index contributed by atoms with van der Waals surface area (Å²) in [5, 5.41) is 20.0. The minimum Gasteiger partial charge on any atom is -0.367 e. The second-order valence-corrected chi connectivity index (χ2v) is 8.50. The standard InChI is InChI=1S/C19H28O3/c1-18-10-3-2-4-12(18)5-6-13-14(18)9-11-19(17(21)22)15(13)7-8-16(19)20/h7-8,12-15,17,21-22H,2-6,9-11H2,1H3/t12?,13-,14+,15+,18+,19-/m1/s1. The van der Waals surface area contributed by atoms with Crippen molar-refractivity contribution in [3.05, 3.63) is 12.2 Å². The molecule has 0 aliphatic heterocycles. The highest BCUT2D eigenvalue weighted by Gasteiger charge is 2.62. The number of hydrogen-bond acceptors (Lipinski definition) is 3. The van der Waals surface area contributed by atoms with E-state index in [4.69, 9.17) is 0 Å². The van der Waals surface area contributed by atoms with Crippen LogP contribution in [0.3, 0.4) is 0 Å². The molecular formula is C19H28O3. The summed E-state index contributed by atoms with van der Waals surface area (Å²) >= 11 is 0. The van der Waals surface area contributed by atoms with Crippen LogP contribution in [0.1, 0.15) is 58.3 Å². The molecule has 6 atom stereocenters. The third-order valence-corrected chi connectivity index (χ3v) is 7.96. The van der Waals surface area contributed by atoms with Crippen LogP contribution in [0, 0.1) is 34.5 Å². The average molecular weight is 304 g/mol. The van der Waals surface area contributed by atoms with Gasteiger partial charge in [0.1, 0.15) is 0 Å². The van der Waals surface area contributed by atoms with Crippen molar-refractivity contribution in [1.29, 1.82) is 0 Å². The molecule has 3 saturated carbocycles. The average Bonchev–Trinajstić information content (AvgIpc) is 2.85. The number of carbonyl (C=O) groups is 1. The maximum atomic E-state index is 12.4. The summed E-state index contributed by atoms with van der Waals surface area (Å²) in [6, 6.07) is 0. The quantitative estimate of drug-likeness (QED) is 0.732. The van der Waals surface area contributed by atoms with Gasteiger partial charge in [-0.25, -0.2) is 0 Å². The van der Waals surface area contributed by atoms with Gasteiger partial charge in [0, 0.05) is 0 Å². The summed E-state index contributed by atoms with van der Waals surface area (Å²) < 4.78 is 0. The van der Waals surface area contributed by atoms with Crippen LogP contribution in [0.4, 0.5) is 0 Å². The lowest BCUT2D eigenvalue weighted by atomic mass is 9.45. The minimum absolute atomic E-state index is 0.0402. The van der Waals surface area contributed by atoms with E-state index in [0.717, 1.165) is 18.8 Å². The van der Waals surface area contributed by atoms with Crippen molar-refractivity contribution in [2.75, 3.05) is 0 Å². The Morgan fingerprint density at radius 2 is 1.95 bits per heavy atom. The van der Waals surface area contributed by atoms with Gasteiger partial charge in [-0.3, -0.25) is 4.79 Å². The Labute approximate surface area is 132 Å². The largest absolute Gasteiger partial charge is 0.367 e. The zero-order valence-corrected chi connectivity index (χ0v) is 13.5. The SMILES string of the molecule is C[C@]12CCCCC1CC[C@@H]1[C@@H]2CC[C@]2(C(O)O)C(=O)C=C[C@@H]12. The maximum Gasteiger partial charge on any atom is 0.167 e. The molecule has 2 N–H and O–H groups in total. The van der Waals surface area contributed by atoms with Crippen molar-refractivity contribution in [2.45, 2.75) is 64.6 Å². The summed E-state index contributed by atoms with van der Waals surface area (Å²) in [4.78, 5) is 12.4. The Balaban J connectivity index is 1.69. The van der Waals surface area contributed by atoms with Gasteiger partial charge in [-0.2, -0.15) is 0 Å². The minimum atomic E-state index is -1.52. The summed E-state index contributed by atoms with van der Waals surface area (Å²) in [5.41, 5.74) is -0.522. The molecule has 0 aromatic carbocycles. The molecule has 4 aliphatic rings. The molecule has 0 spiro atoms. The third kappa shape index (κ3) is 1.73. The van der Waals surface area contributed by atoms with Crippen molar-refractivity contribution < 1.29 is 15.0 Å². The number of ketones is 1. The number of allylic oxidation sites excluding steroid dienone is 2. The van der Waals surface area contributed by atoms with Gasteiger partial charge >= 0.3 is 0 Å². The highest BCUT2D eigenvalue weighted by Crippen LogP contribution is 2.64. The van der Waals surface area contributed by atoms with E-state index in [1.54, 1.807) is 6.08 Å². The molecule has 3 nitrogen and oxygen atoms in total. The molecule has 122 valence electrons. The lowest BCUT2D eigenvalue weighted by molar-refractivity contribution is -0.195. The Morgan fingerprint density at radius 3 is 2.73 bits per heavy atom. The van der Waals surface area contributed by atoms with Crippen LogP contribution < -0.4 is 0 Å². The Morgan fingerprint density at radius 1 is 1.14 bits per heavy atom. The van der Waals surface area contributed by atoms with Crippen molar-refractivity contribution in [3.63, 3.8) is 0 Å². The first kappa shape index (κ1) is 14.9. The van der Waals surface area contributed by atoms with Crippen molar-refractivity contribution >= 4 is 5.78 Å². The van der Waals surface area contributed by atoms with Crippen molar-refractivity contribution in [3.8, 4) is 0 Å². The van der Waals surface area contributed by atoms with E-state index in [1.807, 2.05) is 6.08 Å². The summed E-state index contributed by atoms with van der Waals surface area (Å²) in [5.74, 6) is 1.94. The van der Waals surface area contributed by atoms with Gasteiger partial charge in [-0.1, -0.05) is 25.8 Å². The summed E-state index contributed by atoms with van der Waals surface area (Å²) in [7, 11) is 0. The first-order valence-corrected chi connectivity index (χ1v) is 9.09. The fourth-order valence-electron chi connectivity index (χ4n) is 6.77. The fourth-order valence-corrected chi connectivity index (χ4v) is 6.77. The Bertz CT molecular complexity index is 511. The predicted molar refractivity (Wildman–Crippen MR) is 83.8 cm³/mol. The van der Waals surface area contributed by atoms with Gasteiger partial charge in [0.05, 0.1) is 5.41 Å². The van der Waals surface area contributed by atoms with Gasteiger partial charge in [0.15, 0.2) is 12.1 Å². The molecule has 0 radical (unpaired) electrons. The number of carbonyl (C=O) groups excluding carboxylic acids is 1. The zero-order chi connectivity index (χ0) is 15.5. The van der Waals surface area contributed by atoms with Crippen LogP contribution in [-0.4, -0.2) is 22.3 Å². The van der Waals surface area contributed by atoms with E-state index in [1.165, 1.54) is 32.1 Å². The summed E-state index contributed by atoms with van der Waals surface area (Å²) in [6.07, 6.45) is 11.6. The summed E-state index contributed by atoms with van der Waals surface area (Å²) in [6.45, 7) is 2.48. The molecule has 4 rings (SSSR count). The highest BCUT2D eigenvalue weighted by atomic mass is 16.5. The van der Waals surface area contributed by atoms with Crippen LogP contribution in [-0.2, 0) is 4.79 Å². The molecule has 1 unspecified atom stereocenters. The molecule has 4 aliphatic carbocycles. The van der Waals surface area contributed by atoms with Crippen molar-refractivity contribution in [2.24, 2.45) is 34.5 Å². The van der Waals surface area contributed by atoms with E-state index in [0.29, 0.717) is 23.7 Å². The first-order chi connectivity index (χ1) is 10.5. The van der Waals surface area contributed by atoms with Crippen LogP contribution >= 0.6 is 0 Å². The first-order valence-electron chi connectivity index (χ1n) is 9.09. The van der Waals surface area contributed by atoms with E-state index in [2.05, 4.69) is 6.92 Å². The molecule has 22 heavy (non-hydrogen) atoms.